The summed E-state index contributed by atoms with van der Waals surface area (Å²) in [7, 11) is 0. The van der Waals surface area contributed by atoms with Crippen molar-refractivity contribution in [2.75, 3.05) is 13.2 Å². The number of benzene rings is 1. The minimum Gasteiger partial charge on any atom is -0.494 e. The van der Waals surface area contributed by atoms with Gasteiger partial charge in [-0.05, 0) is 38.0 Å². The van der Waals surface area contributed by atoms with Gasteiger partial charge in [-0.15, -0.1) is 0 Å². The second kappa shape index (κ2) is 7.33. The van der Waals surface area contributed by atoms with Crippen molar-refractivity contribution in [2.45, 2.75) is 26.7 Å². The van der Waals surface area contributed by atoms with E-state index in [1.54, 1.807) is 19.1 Å². The Kier molecular flexibility index (Phi) is 5.72. The van der Waals surface area contributed by atoms with E-state index >= 15 is 0 Å². The van der Waals surface area contributed by atoms with Crippen molar-refractivity contribution in [1.82, 2.24) is 0 Å². The normalized spacial score (nSPS) is 9.61. The van der Waals surface area contributed by atoms with Crippen LogP contribution in [0.25, 0.3) is 0 Å². The van der Waals surface area contributed by atoms with Crippen LogP contribution in [0.1, 0.15) is 36.2 Å². The summed E-state index contributed by atoms with van der Waals surface area (Å²) in [6.45, 7) is 4.51. The second-order valence-corrected chi connectivity index (χ2v) is 3.63. The summed E-state index contributed by atoms with van der Waals surface area (Å²) in [5.41, 5.74) is 1.41. The lowest BCUT2D eigenvalue weighted by atomic mass is 10.1. The summed E-state index contributed by atoms with van der Waals surface area (Å²) < 4.78 is 10.4. The molecule has 0 atom stereocenters. The van der Waals surface area contributed by atoms with Gasteiger partial charge < -0.3 is 9.47 Å². The van der Waals surface area contributed by atoms with Crippen LogP contribution in [0.4, 0.5) is 0 Å². The minimum atomic E-state index is -0.356. The van der Waals surface area contributed by atoms with Crippen LogP contribution in [0, 0.1) is 11.3 Å². The number of hydrogen-bond acceptors (Lipinski definition) is 4. The van der Waals surface area contributed by atoms with Gasteiger partial charge in [-0.3, -0.25) is 0 Å². The SMILES string of the molecule is CCOC(=O)c1ccc(CCC#N)c(OCC)c1. The molecule has 0 fully saturated rings. The summed E-state index contributed by atoms with van der Waals surface area (Å²) in [5.74, 6) is 0.295. The summed E-state index contributed by atoms with van der Waals surface area (Å²) in [5, 5.41) is 8.60. The van der Waals surface area contributed by atoms with Gasteiger partial charge in [-0.1, -0.05) is 6.07 Å². The van der Waals surface area contributed by atoms with Crippen molar-refractivity contribution in [3.05, 3.63) is 29.3 Å². The van der Waals surface area contributed by atoms with Gasteiger partial charge in [0.25, 0.3) is 0 Å². The van der Waals surface area contributed by atoms with Crippen LogP contribution in [-0.2, 0) is 11.2 Å². The number of carbonyl (C=O) groups excluding carboxylic acids is 1. The lowest BCUT2D eigenvalue weighted by molar-refractivity contribution is 0.0526. The van der Waals surface area contributed by atoms with Crippen LogP contribution in [0.5, 0.6) is 5.75 Å². The van der Waals surface area contributed by atoms with Crippen molar-refractivity contribution < 1.29 is 14.3 Å². The van der Waals surface area contributed by atoms with Crippen LogP contribution < -0.4 is 4.74 Å². The second-order valence-electron chi connectivity index (χ2n) is 3.63. The number of nitrogens with zero attached hydrogens (tertiary/aromatic N) is 1. The number of nitriles is 1. The Hall–Kier alpha value is -2.02. The molecule has 0 aliphatic heterocycles. The number of carbonyl (C=O) groups is 1. The van der Waals surface area contributed by atoms with E-state index in [2.05, 4.69) is 6.07 Å². The largest absolute Gasteiger partial charge is 0.494 e. The molecule has 96 valence electrons. The predicted molar refractivity (Wildman–Crippen MR) is 67.5 cm³/mol. The fraction of sp³-hybridized carbons (Fsp3) is 0.429. The average Bonchev–Trinajstić information content (AvgIpc) is 2.38. The molecule has 0 saturated heterocycles. The van der Waals surface area contributed by atoms with E-state index in [9.17, 15) is 4.79 Å². The molecule has 0 aromatic heterocycles. The molecule has 0 unspecified atom stereocenters. The number of esters is 1. The van der Waals surface area contributed by atoms with Gasteiger partial charge in [-0.2, -0.15) is 5.26 Å². The van der Waals surface area contributed by atoms with Crippen molar-refractivity contribution >= 4 is 5.97 Å². The molecule has 1 rings (SSSR count). The summed E-state index contributed by atoms with van der Waals surface area (Å²) >= 11 is 0. The fourth-order valence-electron chi connectivity index (χ4n) is 1.58. The monoisotopic (exact) mass is 247 g/mol. The highest BCUT2D eigenvalue weighted by atomic mass is 16.5. The van der Waals surface area contributed by atoms with Crippen molar-refractivity contribution in [2.24, 2.45) is 0 Å². The minimum absolute atomic E-state index is 0.346. The standard InChI is InChI=1S/C14H17NO3/c1-3-17-13-10-12(14(16)18-4-2)8-7-11(13)6-5-9-15/h7-8,10H,3-6H2,1-2H3. The molecule has 0 aliphatic rings. The van der Waals surface area contributed by atoms with Crippen LogP contribution in [-0.4, -0.2) is 19.2 Å². The van der Waals surface area contributed by atoms with Crippen LogP contribution in [0.3, 0.4) is 0 Å². The van der Waals surface area contributed by atoms with Gasteiger partial charge >= 0.3 is 5.97 Å². The Labute approximate surface area is 107 Å². The summed E-state index contributed by atoms with van der Waals surface area (Å²) in [6, 6.07) is 7.29. The zero-order chi connectivity index (χ0) is 13.4. The molecule has 0 spiro atoms. The van der Waals surface area contributed by atoms with E-state index in [1.807, 2.05) is 13.0 Å². The summed E-state index contributed by atoms with van der Waals surface area (Å²) in [6.07, 6.45) is 1.05. The van der Waals surface area contributed by atoms with E-state index in [0.29, 0.717) is 37.4 Å². The zero-order valence-electron chi connectivity index (χ0n) is 10.7. The Bertz CT molecular complexity index is 449. The predicted octanol–water partition coefficient (Wildman–Crippen LogP) is 2.72. The van der Waals surface area contributed by atoms with E-state index in [4.69, 9.17) is 14.7 Å². The maximum absolute atomic E-state index is 11.6. The van der Waals surface area contributed by atoms with Crippen molar-refractivity contribution in [3.8, 4) is 11.8 Å². The molecule has 0 N–H and O–H groups in total. The lowest BCUT2D eigenvalue weighted by Crippen LogP contribution is -2.06. The first-order valence-electron chi connectivity index (χ1n) is 6.02. The van der Waals surface area contributed by atoms with Gasteiger partial charge in [-0.25, -0.2) is 4.79 Å². The highest BCUT2D eigenvalue weighted by Gasteiger charge is 2.11. The van der Waals surface area contributed by atoms with E-state index < -0.39 is 0 Å². The Morgan fingerprint density at radius 2 is 2.11 bits per heavy atom. The maximum Gasteiger partial charge on any atom is 0.338 e. The Morgan fingerprint density at radius 3 is 2.72 bits per heavy atom. The van der Waals surface area contributed by atoms with Gasteiger partial charge in [0.2, 0.25) is 0 Å². The molecule has 4 nitrogen and oxygen atoms in total. The molecule has 0 aliphatic carbocycles. The van der Waals surface area contributed by atoms with Crippen molar-refractivity contribution in [3.63, 3.8) is 0 Å². The molecule has 0 saturated carbocycles. The average molecular weight is 247 g/mol. The highest BCUT2D eigenvalue weighted by molar-refractivity contribution is 5.90. The van der Waals surface area contributed by atoms with Crippen molar-refractivity contribution in [1.29, 1.82) is 5.26 Å². The molecule has 0 heterocycles. The highest BCUT2D eigenvalue weighted by Crippen LogP contribution is 2.22. The number of aryl methyl sites for hydroxylation is 1. The molecule has 0 radical (unpaired) electrons. The lowest BCUT2D eigenvalue weighted by Gasteiger charge is -2.11. The maximum atomic E-state index is 11.6. The molecule has 1 aromatic carbocycles. The third kappa shape index (κ3) is 3.77. The zero-order valence-corrected chi connectivity index (χ0v) is 10.7. The van der Waals surface area contributed by atoms with E-state index in [-0.39, 0.29) is 5.97 Å². The number of hydrogen-bond donors (Lipinski definition) is 0. The van der Waals surface area contributed by atoms with Gasteiger partial charge in [0.15, 0.2) is 0 Å². The quantitative estimate of drug-likeness (QED) is 0.725. The van der Waals surface area contributed by atoms with Crippen LogP contribution in [0.15, 0.2) is 18.2 Å². The van der Waals surface area contributed by atoms with Crippen LogP contribution >= 0.6 is 0 Å². The number of rotatable bonds is 6. The van der Waals surface area contributed by atoms with E-state index in [0.717, 1.165) is 5.56 Å². The Morgan fingerprint density at radius 1 is 1.33 bits per heavy atom. The third-order valence-corrected chi connectivity index (χ3v) is 2.38. The topological polar surface area (TPSA) is 59.3 Å². The third-order valence-electron chi connectivity index (χ3n) is 2.38. The van der Waals surface area contributed by atoms with Gasteiger partial charge in [0, 0.05) is 6.42 Å². The first-order valence-corrected chi connectivity index (χ1v) is 6.02. The first-order chi connectivity index (χ1) is 8.72. The molecule has 18 heavy (non-hydrogen) atoms. The smallest absolute Gasteiger partial charge is 0.338 e. The molecule has 0 bridgehead atoms. The van der Waals surface area contributed by atoms with Gasteiger partial charge in [0.05, 0.1) is 24.8 Å². The molecule has 0 amide bonds. The van der Waals surface area contributed by atoms with E-state index in [1.165, 1.54) is 0 Å². The summed E-state index contributed by atoms with van der Waals surface area (Å²) in [4.78, 5) is 11.6. The molecular weight excluding hydrogens is 230 g/mol. The molecule has 4 heteroatoms. The molecule has 1 aromatic rings. The number of ether oxygens (including phenoxy) is 2. The first kappa shape index (κ1) is 14.0. The van der Waals surface area contributed by atoms with Gasteiger partial charge in [0.1, 0.15) is 5.75 Å². The van der Waals surface area contributed by atoms with Crippen LogP contribution in [0.2, 0.25) is 0 Å². The Balaban J connectivity index is 2.95. The molecular formula is C14H17NO3. The fourth-order valence-corrected chi connectivity index (χ4v) is 1.58.